The number of benzene rings is 1. The number of pyridine rings is 1. The van der Waals surface area contributed by atoms with Gasteiger partial charge in [0.1, 0.15) is 0 Å². The molecule has 3 aliphatic rings. The fourth-order valence-electron chi connectivity index (χ4n) is 5.23. The van der Waals surface area contributed by atoms with E-state index in [1.807, 2.05) is 51.9 Å². The van der Waals surface area contributed by atoms with Gasteiger partial charge in [0.15, 0.2) is 0 Å². The first kappa shape index (κ1) is 18.2. The van der Waals surface area contributed by atoms with Crippen LogP contribution in [0.3, 0.4) is 0 Å². The van der Waals surface area contributed by atoms with Crippen molar-refractivity contribution >= 4 is 11.8 Å². The number of likely N-dealkylation sites (tertiary alicyclic amines) is 2. The van der Waals surface area contributed by atoms with E-state index in [1.54, 1.807) is 11.0 Å². The maximum Gasteiger partial charge on any atom is 0.250 e. The molecular weight excluding hydrogens is 366 g/mol. The minimum Gasteiger partial charge on any atom is -0.341 e. The molecule has 0 unspecified atom stereocenters. The van der Waals surface area contributed by atoms with Crippen molar-refractivity contribution in [3.8, 4) is 0 Å². The Bertz CT molecular complexity index is 1000. The van der Waals surface area contributed by atoms with Crippen molar-refractivity contribution in [2.24, 2.45) is 11.8 Å². The zero-order chi connectivity index (χ0) is 20.0. The molecule has 2 saturated heterocycles. The highest BCUT2D eigenvalue weighted by Crippen LogP contribution is 2.36. The highest BCUT2D eigenvalue weighted by atomic mass is 16.2. The van der Waals surface area contributed by atoms with Gasteiger partial charge in [-0.1, -0.05) is 36.4 Å². The van der Waals surface area contributed by atoms with Gasteiger partial charge in [0.2, 0.25) is 11.8 Å². The molecule has 4 heterocycles. The second-order valence-corrected chi connectivity index (χ2v) is 8.60. The van der Waals surface area contributed by atoms with Crippen LogP contribution in [0.5, 0.6) is 0 Å². The highest BCUT2D eigenvalue weighted by Gasteiger charge is 2.41. The number of hydrogen-bond donors (Lipinski definition) is 0. The van der Waals surface area contributed by atoms with Gasteiger partial charge in [0.25, 0.3) is 5.56 Å². The summed E-state index contributed by atoms with van der Waals surface area (Å²) in [5.41, 5.74) is 2.18. The molecule has 3 aliphatic heterocycles. The van der Waals surface area contributed by atoms with Gasteiger partial charge in [-0.2, -0.15) is 0 Å². The number of rotatable bonds is 3. The smallest absolute Gasteiger partial charge is 0.250 e. The van der Waals surface area contributed by atoms with Gasteiger partial charge in [0.05, 0.1) is 5.92 Å². The number of aromatic nitrogens is 1. The Hall–Kier alpha value is -2.89. The van der Waals surface area contributed by atoms with Crippen molar-refractivity contribution in [2.75, 3.05) is 19.6 Å². The predicted octanol–water partition coefficient (Wildman–Crippen LogP) is 1.84. The number of amides is 2. The van der Waals surface area contributed by atoms with Crippen LogP contribution in [-0.4, -0.2) is 45.8 Å². The quantitative estimate of drug-likeness (QED) is 0.802. The van der Waals surface area contributed by atoms with Crippen LogP contribution in [0.25, 0.3) is 0 Å². The van der Waals surface area contributed by atoms with Crippen LogP contribution in [0.15, 0.2) is 53.3 Å². The van der Waals surface area contributed by atoms with E-state index in [9.17, 15) is 14.4 Å². The minimum absolute atomic E-state index is 0.0509. The molecule has 1 aromatic carbocycles. The lowest BCUT2D eigenvalue weighted by Gasteiger charge is -2.43. The summed E-state index contributed by atoms with van der Waals surface area (Å²) in [7, 11) is 0. The maximum atomic E-state index is 13.2. The molecule has 6 nitrogen and oxygen atoms in total. The molecule has 6 heteroatoms. The van der Waals surface area contributed by atoms with E-state index < -0.39 is 0 Å². The molecule has 5 rings (SSSR count). The van der Waals surface area contributed by atoms with Gasteiger partial charge in [-0.05, 0) is 24.0 Å². The van der Waals surface area contributed by atoms with E-state index in [2.05, 4.69) is 0 Å². The lowest BCUT2D eigenvalue weighted by molar-refractivity contribution is -0.138. The van der Waals surface area contributed by atoms with E-state index >= 15 is 0 Å². The molecule has 0 aliphatic carbocycles. The van der Waals surface area contributed by atoms with E-state index in [0.29, 0.717) is 45.1 Å². The summed E-state index contributed by atoms with van der Waals surface area (Å²) in [6.07, 6.45) is 1.32. The number of piperidine rings is 1. The van der Waals surface area contributed by atoms with Crippen molar-refractivity contribution in [2.45, 2.75) is 31.8 Å². The summed E-state index contributed by atoms with van der Waals surface area (Å²) in [5, 5.41) is 0. The van der Waals surface area contributed by atoms with Crippen LogP contribution < -0.4 is 5.56 Å². The number of nitrogens with zero attached hydrogens (tertiary/aromatic N) is 3. The molecular formula is C23H25N3O3. The van der Waals surface area contributed by atoms with E-state index in [1.165, 1.54) is 0 Å². The summed E-state index contributed by atoms with van der Waals surface area (Å²) >= 11 is 0. The van der Waals surface area contributed by atoms with Crippen LogP contribution in [-0.2, 0) is 22.7 Å². The lowest BCUT2D eigenvalue weighted by atomic mass is 9.82. The summed E-state index contributed by atoms with van der Waals surface area (Å²) < 4.78 is 1.88. The first-order valence-corrected chi connectivity index (χ1v) is 10.4. The average Bonchev–Trinajstić information content (AvgIpc) is 3.09. The third kappa shape index (κ3) is 3.37. The monoisotopic (exact) mass is 391 g/mol. The zero-order valence-electron chi connectivity index (χ0n) is 16.4. The molecule has 2 bridgehead atoms. The number of hydrogen-bond acceptors (Lipinski definition) is 3. The minimum atomic E-state index is -0.261. The Morgan fingerprint density at radius 1 is 0.931 bits per heavy atom. The maximum absolute atomic E-state index is 13.2. The van der Waals surface area contributed by atoms with Crippen molar-refractivity contribution in [1.29, 1.82) is 0 Å². The van der Waals surface area contributed by atoms with Crippen LogP contribution in [0.1, 0.15) is 30.0 Å². The fraction of sp³-hybridized carbons (Fsp3) is 0.435. The molecule has 2 aromatic rings. The average molecular weight is 391 g/mol. The first-order chi connectivity index (χ1) is 14.1. The second kappa shape index (κ2) is 7.17. The third-order valence-electron chi connectivity index (χ3n) is 6.57. The van der Waals surface area contributed by atoms with Crippen molar-refractivity contribution < 1.29 is 9.59 Å². The Kier molecular flexibility index (Phi) is 4.49. The highest BCUT2D eigenvalue weighted by molar-refractivity contribution is 5.89. The van der Waals surface area contributed by atoms with Crippen LogP contribution in [0, 0.1) is 11.8 Å². The topological polar surface area (TPSA) is 62.6 Å². The lowest BCUT2D eigenvalue weighted by Crippen LogP contribution is -2.50. The molecule has 0 N–H and O–H groups in total. The summed E-state index contributed by atoms with van der Waals surface area (Å²) in [4.78, 5) is 41.7. The van der Waals surface area contributed by atoms with Crippen molar-refractivity contribution in [3.63, 3.8) is 0 Å². The fourth-order valence-corrected chi connectivity index (χ4v) is 5.23. The predicted molar refractivity (Wildman–Crippen MR) is 108 cm³/mol. The SMILES string of the molecule is O=C1C[C@@H](C(=O)N2C[C@@H]3C[C@H](C2)c2cccc(=O)n2C3)CN1Cc1ccccc1. The molecule has 150 valence electrons. The van der Waals surface area contributed by atoms with Gasteiger partial charge in [0, 0.05) is 56.8 Å². The van der Waals surface area contributed by atoms with Crippen LogP contribution in [0.2, 0.25) is 0 Å². The Balaban J connectivity index is 1.28. The van der Waals surface area contributed by atoms with Crippen LogP contribution >= 0.6 is 0 Å². The number of carbonyl (C=O) groups is 2. The van der Waals surface area contributed by atoms with Gasteiger partial charge in [-0.15, -0.1) is 0 Å². The molecule has 2 amide bonds. The van der Waals surface area contributed by atoms with E-state index in [0.717, 1.165) is 17.7 Å². The third-order valence-corrected chi connectivity index (χ3v) is 6.57. The van der Waals surface area contributed by atoms with Gasteiger partial charge in [-0.25, -0.2) is 0 Å². The molecule has 29 heavy (non-hydrogen) atoms. The van der Waals surface area contributed by atoms with Gasteiger partial charge < -0.3 is 14.4 Å². The standard InChI is InChI=1S/C23H25N3O3/c27-21-8-4-7-20-18-9-17(13-26(20)21)12-25(14-18)23(29)19-10-22(28)24(15-19)11-16-5-2-1-3-6-16/h1-8,17-19H,9-15H2/t17-,18+,19+/m0/s1. The molecule has 0 radical (unpaired) electrons. The Morgan fingerprint density at radius 2 is 1.76 bits per heavy atom. The molecule has 1 aromatic heterocycles. The summed E-state index contributed by atoms with van der Waals surface area (Å²) in [6, 6.07) is 15.3. The normalized spacial score (nSPS) is 25.8. The molecule has 3 atom stereocenters. The molecule has 0 saturated carbocycles. The summed E-state index contributed by atoms with van der Waals surface area (Å²) in [6.45, 7) is 3.06. The summed E-state index contributed by atoms with van der Waals surface area (Å²) in [5.74, 6) is 0.403. The van der Waals surface area contributed by atoms with Gasteiger partial charge >= 0.3 is 0 Å². The van der Waals surface area contributed by atoms with E-state index in [-0.39, 0.29) is 29.2 Å². The zero-order valence-corrected chi connectivity index (χ0v) is 16.4. The van der Waals surface area contributed by atoms with Crippen molar-refractivity contribution in [3.05, 3.63) is 70.1 Å². The van der Waals surface area contributed by atoms with Crippen LogP contribution in [0.4, 0.5) is 0 Å². The number of carbonyl (C=O) groups excluding carboxylic acids is 2. The molecule has 2 fully saturated rings. The van der Waals surface area contributed by atoms with Crippen molar-refractivity contribution in [1.82, 2.24) is 14.4 Å². The largest absolute Gasteiger partial charge is 0.341 e. The Labute approximate surface area is 169 Å². The Morgan fingerprint density at radius 3 is 2.59 bits per heavy atom. The van der Waals surface area contributed by atoms with Gasteiger partial charge in [-0.3, -0.25) is 14.4 Å². The first-order valence-electron chi connectivity index (χ1n) is 10.4. The molecule has 0 spiro atoms. The second-order valence-electron chi connectivity index (χ2n) is 8.60. The number of fused-ring (bicyclic) bond motifs is 4. The van der Waals surface area contributed by atoms with E-state index in [4.69, 9.17) is 0 Å².